The number of benzene rings is 1. The van der Waals surface area contributed by atoms with Gasteiger partial charge in [0.05, 0.1) is 0 Å². The molecule has 0 bridgehead atoms. The standard InChI is InChI=1S/C13H11Br2NOS/c14-7-1-2-9-10(16)5-12(17-11(9)3-7)13-4-8(15)6-18-13/h1-4,6,10,12H,5,16H2/t10-,12?/m0/s1. The topological polar surface area (TPSA) is 35.2 Å². The van der Waals surface area contributed by atoms with Crippen LogP contribution in [0.25, 0.3) is 0 Å². The largest absolute Gasteiger partial charge is 0.484 e. The van der Waals surface area contributed by atoms with Gasteiger partial charge in [-0.3, -0.25) is 0 Å². The van der Waals surface area contributed by atoms with Crippen molar-refractivity contribution in [2.75, 3.05) is 0 Å². The Bertz CT molecular complexity index is 584. The van der Waals surface area contributed by atoms with Gasteiger partial charge in [0.25, 0.3) is 0 Å². The average molecular weight is 389 g/mol. The molecule has 1 aliphatic rings. The second-order valence-corrected chi connectivity index (χ2v) is 7.07. The molecule has 0 amide bonds. The average Bonchev–Trinajstić information content (AvgIpc) is 2.75. The molecule has 94 valence electrons. The lowest BCUT2D eigenvalue weighted by atomic mass is 9.97. The Morgan fingerprint density at radius 1 is 1.22 bits per heavy atom. The second kappa shape index (κ2) is 4.96. The molecule has 0 spiro atoms. The molecule has 2 aromatic rings. The van der Waals surface area contributed by atoms with Crippen molar-refractivity contribution in [2.45, 2.75) is 18.6 Å². The smallest absolute Gasteiger partial charge is 0.135 e. The quantitative estimate of drug-likeness (QED) is 0.761. The van der Waals surface area contributed by atoms with E-state index < -0.39 is 0 Å². The number of hydrogen-bond acceptors (Lipinski definition) is 3. The molecule has 2 N–H and O–H groups in total. The van der Waals surface area contributed by atoms with Crippen LogP contribution in [0.3, 0.4) is 0 Å². The zero-order valence-electron chi connectivity index (χ0n) is 9.40. The van der Waals surface area contributed by atoms with Crippen LogP contribution < -0.4 is 10.5 Å². The first-order valence-corrected chi connectivity index (χ1v) is 8.05. The Morgan fingerprint density at radius 3 is 2.78 bits per heavy atom. The first kappa shape index (κ1) is 12.7. The molecule has 3 rings (SSSR count). The lowest BCUT2D eigenvalue weighted by molar-refractivity contribution is 0.165. The summed E-state index contributed by atoms with van der Waals surface area (Å²) in [6.45, 7) is 0. The van der Waals surface area contributed by atoms with Gasteiger partial charge in [-0.05, 0) is 34.1 Å². The summed E-state index contributed by atoms with van der Waals surface area (Å²) in [5, 5.41) is 2.07. The maximum absolute atomic E-state index is 6.23. The van der Waals surface area contributed by atoms with Gasteiger partial charge in [-0.2, -0.15) is 0 Å². The number of thiophene rings is 1. The molecule has 18 heavy (non-hydrogen) atoms. The van der Waals surface area contributed by atoms with Crippen molar-refractivity contribution in [2.24, 2.45) is 5.73 Å². The van der Waals surface area contributed by atoms with Gasteiger partial charge in [0.2, 0.25) is 0 Å². The van der Waals surface area contributed by atoms with E-state index in [4.69, 9.17) is 10.5 Å². The van der Waals surface area contributed by atoms with Gasteiger partial charge in [-0.15, -0.1) is 11.3 Å². The van der Waals surface area contributed by atoms with Crippen molar-refractivity contribution in [3.63, 3.8) is 0 Å². The molecule has 2 heterocycles. The summed E-state index contributed by atoms with van der Waals surface area (Å²) in [4.78, 5) is 1.21. The third-order valence-corrected chi connectivity index (χ3v) is 5.30. The minimum Gasteiger partial charge on any atom is -0.484 e. The fourth-order valence-electron chi connectivity index (χ4n) is 2.15. The molecule has 1 aromatic heterocycles. The highest BCUT2D eigenvalue weighted by Gasteiger charge is 2.28. The molecule has 1 aromatic carbocycles. The lowest BCUT2D eigenvalue weighted by Crippen LogP contribution is -2.23. The first-order chi connectivity index (χ1) is 8.63. The van der Waals surface area contributed by atoms with Crippen LogP contribution in [-0.2, 0) is 0 Å². The predicted molar refractivity (Wildman–Crippen MR) is 81.1 cm³/mol. The minimum atomic E-state index is 0.0349. The molecule has 2 atom stereocenters. The zero-order chi connectivity index (χ0) is 12.7. The van der Waals surface area contributed by atoms with E-state index in [1.807, 2.05) is 18.2 Å². The van der Waals surface area contributed by atoms with Crippen molar-refractivity contribution >= 4 is 43.2 Å². The van der Waals surface area contributed by atoms with Gasteiger partial charge in [-0.1, -0.05) is 22.0 Å². The molecule has 5 heteroatoms. The summed E-state index contributed by atoms with van der Waals surface area (Å²) in [5.74, 6) is 0.887. The van der Waals surface area contributed by atoms with Gasteiger partial charge in [0.1, 0.15) is 11.9 Å². The van der Waals surface area contributed by atoms with Crippen molar-refractivity contribution in [3.8, 4) is 5.75 Å². The molecular formula is C13H11Br2NOS. The van der Waals surface area contributed by atoms with Gasteiger partial charge in [-0.25, -0.2) is 0 Å². The third kappa shape index (κ3) is 2.37. The summed E-state index contributed by atoms with van der Waals surface area (Å²) < 4.78 is 8.17. The minimum absolute atomic E-state index is 0.0349. The van der Waals surface area contributed by atoms with Crippen molar-refractivity contribution < 1.29 is 4.74 Å². The second-order valence-electron chi connectivity index (χ2n) is 4.30. The van der Waals surface area contributed by atoms with Crippen LogP contribution in [0.1, 0.15) is 29.0 Å². The van der Waals surface area contributed by atoms with Gasteiger partial charge in [0.15, 0.2) is 0 Å². The van der Waals surface area contributed by atoms with Crippen molar-refractivity contribution in [3.05, 3.63) is 49.0 Å². The van der Waals surface area contributed by atoms with Crippen LogP contribution in [-0.4, -0.2) is 0 Å². The van der Waals surface area contributed by atoms with Gasteiger partial charge < -0.3 is 10.5 Å². The highest BCUT2D eigenvalue weighted by atomic mass is 79.9. The van der Waals surface area contributed by atoms with Crippen molar-refractivity contribution in [1.82, 2.24) is 0 Å². The molecule has 0 saturated heterocycles. The van der Waals surface area contributed by atoms with Crippen LogP contribution in [0.5, 0.6) is 5.75 Å². The van der Waals surface area contributed by atoms with Crippen LogP contribution >= 0.6 is 43.2 Å². The molecular weight excluding hydrogens is 378 g/mol. The van der Waals surface area contributed by atoms with E-state index in [0.717, 1.165) is 26.7 Å². The number of halogens is 2. The Kier molecular flexibility index (Phi) is 3.49. The maximum atomic E-state index is 6.23. The number of ether oxygens (including phenoxy) is 1. The van der Waals surface area contributed by atoms with Crippen LogP contribution in [0.2, 0.25) is 0 Å². The van der Waals surface area contributed by atoms with E-state index in [0.29, 0.717) is 0 Å². The Hall–Kier alpha value is -0.360. The summed E-state index contributed by atoms with van der Waals surface area (Å²) in [7, 11) is 0. The summed E-state index contributed by atoms with van der Waals surface area (Å²) in [5.41, 5.74) is 7.32. The Morgan fingerprint density at radius 2 is 2.06 bits per heavy atom. The van der Waals surface area contributed by atoms with Crippen LogP contribution in [0.15, 0.2) is 38.6 Å². The van der Waals surface area contributed by atoms with Crippen LogP contribution in [0.4, 0.5) is 0 Å². The van der Waals surface area contributed by atoms with Gasteiger partial charge in [0, 0.05) is 37.2 Å². The fraction of sp³-hybridized carbons (Fsp3) is 0.231. The Balaban J connectivity index is 1.95. The molecule has 2 nitrogen and oxygen atoms in total. The monoisotopic (exact) mass is 387 g/mol. The molecule has 1 unspecified atom stereocenters. The summed E-state index contributed by atoms with van der Waals surface area (Å²) in [6, 6.07) is 8.16. The lowest BCUT2D eigenvalue weighted by Gasteiger charge is -2.29. The van der Waals surface area contributed by atoms with Gasteiger partial charge >= 0.3 is 0 Å². The molecule has 0 saturated carbocycles. The predicted octanol–water partition coefficient (Wildman–Crippen LogP) is 4.80. The molecule has 0 aliphatic carbocycles. The number of fused-ring (bicyclic) bond motifs is 1. The number of hydrogen-bond donors (Lipinski definition) is 1. The van der Waals surface area contributed by atoms with E-state index in [9.17, 15) is 0 Å². The number of nitrogens with two attached hydrogens (primary N) is 1. The summed E-state index contributed by atoms with van der Waals surface area (Å²) >= 11 is 8.64. The normalized spacial score (nSPS) is 22.4. The van der Waals surface area contributed by atoms with Crippen molar-refractivity contribution in [1.29, 1.82) is 0 Å². The first-order valence-electron chi connectivity index (χ1n) is 5.59. The SMILES string of the molecule is N[C@H]1CC(c2cc(Br)cs2)Oc2cc(Br)ccc21. The maximum Gasteiger partial charge on any atom is 0.135 e. The molecule has 0 fully saturated rings. The number of rotatable bonds is 1. The van der Waals surface area contributed by atoms with Crippen LogP contribution in [0, 0.1) is 0 Å². The van der Waals surface area contributed by atoms with E-state index >= 15 is 0 Å². The third-order valence-electron chi connectivity index (χ3n) is 3.02. The highest BCUT2D eigenvalue weighted by Crippen LogP contribution is 2.42. The molecule has 0 radical (unpaired) electrons. The fourth-order valence-corrected chi connectivity index (χ4v) is 3.97. The Labute approximate surface area is 126 Å². The summed E-state index contributed by atoms with van der Waals surface area (Å²) in [6.07, 6.45) is 0.875. The zero-order valence-corrected chi connectivity index (χ0v) is 13.4. The molecule has 1 aliphatic heterocycles. The van der Waals surface area contributed by atoms with E-state index in [-0.39, 0.29) is 12.1 Å². The highest BCUT2D eigenvalue weighted by molar-refractivity contribution is 9.10. The van der Waals surface area contributed by atoms with E-state index in [1.165, 1.54) is 4.88 Å². The van der Waals surface area contributed by atoms with E-state index in [1.54, 1.807) is 11.3 Å². The van der Waals surface area contributed by atoms with E-state index in [2.05, 4.69) is 43.3 Å².